The van der Waals surface area contributed by atoms with E-state index in [1.165, 1.54) is 16.5 Å². The van der Waals surface area contributed by atoms with Crippen LogP contribution in [-0.4, -0.2) is 56.6 Å². The third-order valence-corrected chi connectivity index (χ3v) is 11.2. The van der Waals surface area contributed by atoms with E-state index >= 15 is 0 Å². The molecular formula is C43H42F3N5O4. The summed E-state index contributed by atoms with van der Waals surface area (Å²) in [6.07, 6.45) is 0.177. The number of carbonyl (C=O) groups is 1. The molecule has 9 nitrogen and oxygen atoms in total. The third-order valence-electron chi connectivity index (χ3n) is 11.2. The Morgan fingerprint density at radius 1 is 0.945 bits per heavy atom. The van der Waals surface area contributed by atoms with Crippen LogP contribution in [0.2, 0.25) is 0 Å². The molecule has 2 aromatic heterocycles. The second kappa shape index (κ2) is 15.1. The van der Waals surface area contributed by atoms with Gasteiger partial charge in [0.15, 0.2) is 6.10 Å². The summed E-state index contributed by atoms with van der Waals surface area (Å²) in [7, 11) is 0. The van der Waals surface area contributed by atoms with E-state index in [1.54, 1.807) is 0 Å². The van der Waals surface area contributed by atoms with Gasteiger partial charge in [0.1, 0.15) is 11.6 Å². The second-order valence-corrected chi connectivity index (χ2v) is 14.8. The molecule has 1 saturated carbocycles. The summed E-state index contributed by atoms with van der Waals surface area (Å²) < 4.78 is 46.0. The summed E-state index contributed by atoms with van der Waals surface area (Å²) in [4.78, 5) is 43.4. The minimum absolute atomic E-state index is 0.0989. The zero-order chi connectivity index (χ0) is 38.2. The Hall–Kier alpha value is -5.33. The van der Waals surface area contributed by atoms with Crippen molar-refractivity contribution in [3.05, 3.63) is 147 Å². The molecule has 3 aliphatic rings. The largest absolute Gasteiger partial charge is 0.416 e. The topological polar surface area (TPSA) is 112 Å². The van der Waals surface area contributed by atoms with Gasteiger partial charge in [0, 0.05) is 31.4 Å². The number of carbonyl (C=O) groups excluding carboxylic acids is 1. The molecule has 0 spiro atoms. The average Bonchev–Trinajstić information content (AvgIpc) is 4.05. The minimum Gasteiger partial charge on any atom is -0.378 e. The lowest BCUT2D eigenvalue weighted by Gasteiger charge is -2.32. The normalized spacial score (nSPS) is 17.7. The van der Waals surface area contributed by atoms with Gasteiger partial charge in [0.25, 0.3) is 11.5 Å². The molecule has 1 atom stereocenters. The van der Waals surface area contributed by atoms with Gasteiger partial charge in [0.05, 0.1) is 41.5 Å². The summed E-state index contributed by atoms with van der Waals surface area (Å²) in [6, 6.07) is 26.8. The van der Waals surface area contributed by atoms with E-state index in [1.807, 2.05) is 30.5 Å². The molecule has 12 heteroatoms. The fourth-order valence-corrected chi connectivity index (χ4v) is 7.80. The van der Waals surface area contributed by atoms with Crippen LogP contribution in [0.4, 0.5) is 19.0 Å². The number of anilines is 1. The number of alkyl halides is 3. The van der Waals surface area contributed by atoms with Gasteiger partial charge in [-0.2, -0.15) is 13.2 Å². The Morgan fingerprint density at radius 2 is 1.73 bits per heavy atom. The van der Waals surface area contributed by atoms with Crippen molar-refractivity contribution in [2.45, 2.75) is 75.5 Å². The van der Waals surface area contributed by atoms with Gasteiger partial charge in [-0.3, -0.25) is 9.59 Å². The lowest BCUT2D eigenvalue weighted by atomic mass is 9.91. The number of rotatable bonds is 9. The molecule has 1 saturated heterocycles. The molecule has 8 rings (SSSR count). The molecule has 5 aromatic rings. The Balaban J connectivity index is 0.939. The van der Waals surface area contributed by atoms with Gasteiger partial charge in [-0.1, -0.05) is 66.7 Å². The van der Waals surface area contributed by atoms with E-state index in [0.29, 0.717) is 36.5 Å². The highest BCUT2D eigenvalue weighted by Gasteiger charge is 2.49. The summed E-state index contributed by atoms with van der Waals surface area (Å²) in [5, 5.41) is 10.8. The number of aliphatic hydroxyl groups is 1. The summed E-state index contributed by atoms with van der Waals surface area (Å²) in [5.74, 6) is 0.765. The predicted octanol–water partition coefficient (Wildman–Crippen LogP) is 7.12. The number of amides is 1. The van der Waals surface area contributed by atoms with Crippen molar-refractivity contribution in [2.75, 3.05) is 24.5 Å². The van der Waals surface area contributed by atoms with Crippen molar-refractivity contribution in [2.24, 2.45) is 0 Å². The highest BCUT2D eigenvalue weighted by atomic mass is 19.4. The van der Waals surface area contributed by atoms with Crippen LogP contribution < -0.4 is 10.5 Å². The maximum atomic E-state index is 13.6. The van der Waals surface area contributed by atoms with Gasteiger partial charge in [-0.25, -0.2) is 9.97 Å². The molecule has 4 heterocycles. The first kappa shape index (κ1) is 36.6. The van der Waals surface area contributed by atoms with Gasteiger partial charge in [0.2, 0.25) is 0 Å². The smallest absolute Gasteiger partial charge is 0.378 e. The maximum absolute atomic E-state index is 13.6. The van der Waals surface area contributed by atoms with Crippen LogP contribution >= 0.6 is 0 Å². The SMILES string of the molecule is O=C([C@H](O)c1cccc(C(F)(F)F)c1)N1CCCc2nc(C3(c4cccc(-c5ccc(N6CCC(OCc7ccccc7)CC6)nc5)c4)CC3)[nH]c(=O)c2C1. The number of nitrogens with one attached hydrogen (secondary N) is 1. The van der Waals surface area contributed by atoms with Gasteiger partial charge in [-0.15, -0.1) is 0 Å². The van der Waals surface area contributed by atoms with Crippen LogP contribution in [0, 0.1) is 0 Å². The summed E-state index contributed by atoms with van der Waals surface area (Å²) in [6.45, 7) is 2.51. The lowest BCUT2D eigenvalue weighted by Crippen LogP contribution is -2.37. The molecule has 1 aliphatic carbocycles. The molecule has 2 aliphatic heterocycles. The highest BCUT2D eigenvalue weighted by molar-refractivity contribution is 5.82. The first-order valence-corrected chi connectivity index (χ1v) is 18.8. The minimum atomic E-state index is -4.61. The molecule has 0 unspecified atom stereocenters. The Labute approximate surface area is 316 Å². The summed E-state index contributed by atoms with van der Waals surface area (Å²) >= 11 is 0. The number of halogens is 3. The monoisotopic (exact) mass is 749 g/mol. The number of ether oxygens (including phenoxy) is 1. The number of aromatic amines is 1. The van der Waals surface area contributed by atoms with E-state index in [9.17, 15) is 27.9 Å². The van der Waals surface area contributed by atoms with Crippen LogP contribution in [-0.2, 0) is 40.7 Å². The molecule has 1 amide bonds. The van der Waals surface area contributed by atoms with Crippen molar-refractivity contribution in [1.29, 1.82) is 0 Å². The molecule has 55 heavy (non-hydrogen) atoms. The molecule has 2 N–H and O–H groups in total. The third kappa shape index (κ3) is 7.79. The highest BCUT2D eigenvalue weighted by Crippen LogP contribution is 2.52. The quantitative estimate of drug-likeness (QED) is 0.165. The molecule has 0 bridgehead atoms. The van der Waals surface area contributed by atoms with E-state index in [0.717, 1.165) is 79.5 Å². The average molecular weight is 750 g/mol. The Kier molecular flexibility index (Phi) is 10.0. The van der Waals surface area contributed by atoms with E-state index in [2.05, 4.69) is 52.3 Å². The number of H-pyrrole nitrogens is 1. The number of benzene rings is 3. The van der Waals surface area contributed by atoms with Crippen molar-refractivity contribution in [1.82, 2.24) is 19.9 Å². The number of fused-ring (bicyclic) bond motifs is 1. The number of piperidine rings is 1. The van der Waals surface area contributed by atoms with E-state index < -0.39 is 29.2 Å². The molecule has 3 aromatic carbocycles. The number of aliphatic hydroxyl groups excluding tert-OH is 1. The van der Waals surface area contributed by atoms with E-state index in [-0.39, 0.29) is 30.3 Å². The van der Waals surface area contributed by atoms with Crippen molar-refractivity contribution in [3.63, 3.8) is 0 Å². The fraction of sp³-hybridized carbons (Fsp3) is 0.349. The molecule has 2 fully saturated rings. The zero-order valence-electron chi connectivity index (χ0n) is 30.3. The summed E-state index contributed by atoms with van der Waals surface area (Å²) in [5.41, 5.74) is 3.24. The van der Waals surface area contributed by atoms with Crippen LogP contribution in [0.1, 0.15) is 77.5 Å². The number of hydrogen-bond acceptors (Lipinski definition) is 7. The van der Waals surface area contributed by atoms with Crippen molar-refractivity contribution >= 4 is 11.7 Å². The van der Waals surface area contributed by atoms with Crippen molar-refractivity contribution < 1.29 is 27.8 Å². The predicted molar refractivity (Wildman–Crippen MR) is 201 cm³/mol. The van der Waals surface area contributed by atoms with Crippen LogP contribution in [0.5, 0.6) is 0 Å². The molecule has 284 valence electrons. The number of aryl methyl sites for hydroxylation is 1. The Bertz CT molecular complexity index is 2210. The number of hydrogen-bond donors (Lipinski definition) is 2. The zero-order valence-corrected chi connectivity index (χ0v) is 30.3. The van der Waals surface area contributed by atoms with E-state index in [4.69, 9.17) is 14.7 Å². The van der Waals surface area contributed by atoms with Crippen LogP contribution in [0.25, 0.3) is 11.1 Å². The number of aromatic nitrogens is 3. The van der Waals surface area contributed by atoms with Gasteiger partial charge >= 0.3 is 6.18 Å². The van der Waals surface area contributed by atoms with Gasteiger partial charge < -0.3 is 24.6 Å². The molecular weight excluding hydrogens is 707 g/mol. The maximum Gasteiger partial charge on any atom is 0.416 e. The number of pyridine rings is 1. The molecule has 0 radical (unpaired) electrons. The number of nitrogens with zero attached hydrogens (tertiary/aromatic N) is 4. The van der Waals surface area contributed by atoms with Crippen LogP contribution in [0.3, 0.4) is 0 Å². The lowest BCUT2D eigenvalue weighted by molar-refractivity contribution is -0.142. The van der Waals surface area contributed by atoms with Gasteiger partial charge in [-0.05, 0) is 85.0 Å². The first-order valence-electron chi connectivity index (χ1n) is 18.8. The van der Waals surface area contributed by atoms with Crippen LogP contribution in [0.15, 0.2) is 102 Å². The first-order chi connectivity index (χ1) is 26.6. The Morgan fingerprint density at radius 3 is 2.45 bits per heavy atom. The van der Waals surface area contributed by atoms with Crippen molar-refractivity contribution in [3.8, 4) is 11.1 Å². The fourth-order valence-electron chi connectivity index (χ4n) is 7.80. The standard InChI is InChI=1S/C43H42F3N5O4/c44-43(45,46)33-12-5-10-30(24-33)38(52)40(54)51-20-6-13-36-35(26-51)39(53)49-41(48-36)42(18-19-42)32-11-4-9-29(23-32)31-14-15-37(47-25-31)50-21-16-34(17-22-50)55-27-28-7-2-1-3-8-28/h1-5,7-12,14-15,23-25,34,38,52H,6,13,16-22,26-27H2,(H,48,49,53)/t38-/m1/s1. The second-order valence-electron chi connectivity index (χ2n) is 14.8.